The molecule has 0 heterocycles. The molecular weight excluding hydrogens is 1380 g/mol. The number of ether oxygens (including phenoxy) is 4. The summed E-state index contributed by atoms with van der Waals surface area (Å²) in [5, 5.41) is 10.6. The Hall–Kier alpha value is -5.32. The molecule has 19 heteroatoms. The van der Waals surface area contributed by atoms with Crippen molar-refractivity contribution in [3.05, 3.63) is 158 Å². The molecule has 0 rings (SSSR count). The molecule has 0 aromatic rings. The lowest BCUT2D eigenvalue weighted by atomic mass is 10.1. The Morgan fingerprint density at radius 2 is 0.509 bits per heavy atom. The van der Waals surface area contributed by atoms with Gasteiger partial charge in [-0.25, -0.2) is 9.13 Å². The number of phosphoric ester groups is 2. The van der Waals surface area contributed by atoms with Crippen molar-refractivity contribution in [1.29, 1.82) is 0 Å². The van der Waals surface area contributed by atoms with Crippen molar-refractivity contribution in [2.75, 3.05) is 39.6 Å². The fraction of sp³-hybridized carbons (Fsp3) is 0.655. The minimum Gasteiger partial charge on any atom is -0.462 e. The number of aliphatic hydroxyl groups excluding tert-OH is 1. The number of unbranched alkanes of at least 4 members (excludes halogenated alkanes) is 23. The molecule has 0 radical (unpaired) electrons. The number of carbonyl (C=O) groups excluding carboxylic acids is 4. The van der Waals surface area contributed by atoms with Gasteiger partial charge < -0.3 is 33.8 Å². The third-order valence-electron chi connectivity index (χ3n) is 16.5. The van der Waals surface area contributed by atoms with Crippen LogP contribution in [0.3, 0.4) is 0 Å². The standard InChI is InChI=1S/C87H144O17P2/c1-5-9-13-17-21-25-29-33-36-38-40-42-45-49-52-56-60-64-68-72-85(90)98-77-82(103-86(91)73-69-65-61-57-53-47-32-28-24-20-16-12-8-4)79-101-105(93,94)99-75-81(88)76-100-106(95,96)102-80-83(78-97-84(89)71-67-63-59-55-51-48-44-35-31-27-23-19-15-11-7-3)104-87(92)74-70-66-62-58-54-50-46-43-41-39-37-34-30-26-22-18-14-10-6-2/h10,14,21-23,25-28,32-37,40-44,49-50,52,54,60,64,81-83,88H,5-9,11-13,15-20,24,29-31,38-39,45-48,51,53,55-59,61-63,65-80H2,1-4H3,(H,93,94)(H,95,96)/b14-10-,25-21-,26-22-,27-23-,32-28-,36-33-,37-34-,42-40-,43-41-,44-35-,52-49-,54-50-,64-60-/t81-,82-,83-/m1/s1. The summed E-state index contributed by atoms with van der Waals surface area (Å²) in [4.78, 5) is 73.0. The Labute approximate surface area is 642 Å². The molecule has 0 aliphatic rings. The van der Waals surface area contributed by atoms with E-state index in [1.165, 1.54) is 64.2 Å². The molecular formula is C87H144O17P2. The first-order valence-corrected chi connectivity index (χ1v) is 43.7. The third kappa shape index (κ3) is 76.9. The number of phosphoric acid groups is 2. The van der Waals surface area contributed by atoms with Crippen molar-refractivity contribution < 1.29 is 80.2 Å². The minimum absolute atomic E-state index is 0.0317. The largest absolute Gasteiger partial charge is 0.472 e. The molecule has 106 heavy (non-hydrogen) atoms. The van der Waals surface area contributed by atoms with Crippen molar-refractivity contribution in [1.82, 2.24) is 0 Å². The van der Waals surface area contributed by atoms with Crippen molar-refractivity contribution in [3.8, 4) is 0 Å². The van der Waals surface area contributed by atoms with Crippen LogP contribution in [-0.2, 0) is 65.4 Å². The number of rotatable bonds is 75. The van der Waals surface area contributed by atoms with Crippen LogP contribution >= 0.6 is 15.6 Å². The van der Waals surface area contributed by atoms with Gasteiger partial charge in [0.25, 0.3) is 0 Å². The summed E-state index contributed by atoms with van der Waals surface area (Å²) in [6.07, 6.45) is 90.9. The van der Waals surface area contributed by atoms with E-state index in [1.54, 1.807) is 0 Å². The van der Waals surface area contributed by atoms with Gasteiger partial charge in [0.05, 0.1) is 26.4 Å². The Morgan fingerprint density at radius 1 is 0.274 bits per heavy atom. The van der Waals surface area contributed by atoms with Crippen LogP contribution in [0.15, 0.2) is 158 Å². The lowest BCUT2D eigenvalue weighted by Gasteiger charge is -2.21. The molecule has 604 valence electrons. The predicted molar refractivity (Wildman–Crippen MR) is 436 cm³/mol. The van der Waals surface area contributed by atoms with Crippen LogP contribution in [-0.4, -0.2) is 96.7 Å². The van der Waals surface area contributed by atoms with Gasteiger partial charge in [-0.3, -0.25) is 37.3 Å². The van der Waals surface area contributed by atoms with Crippen LogP contribution in [0.5, 0.6) is 0 Å². The molecule has 17 nitrogen and oxygen atoms in total. The molecule has 0 aliphatic carbocycles. The summed E-state index contributed by atoms with van der Waals surface area (Å²) in [5.41, 5.74) is 0. The normalized spacial score (nSPS) is 14.7. The van der Waals surface area contributed by atoms with Gasteiger partial charge in [0.15, 0.2) is 12.2 Å². The second kappa shape index (κ2) is 77.8. The van der Waals surface area contributed by atoms with E-state index in [0.717, 1.165) is 161 Å². The average Bonchev–Trinajstić information content (AvgIpc) is 0.901. The Bertz CT molecular complexity index is 2630. The first kappa shape index (κ1) is 101. The summed E-state index contributed by atoms with van der Waals surface area (Å²) in [5.74, 6) is -2.34. The molecule has 0 aromatic heterocycles. The lowest BCUT2D eigenvalue weighted by Crippen LogP contribution is -2.30. The van der Waals surface area contributed by atoms with Crippen LogP contribution in [0, 0.1) is 0 Å². The lowest BCUT2D eigenvalue weighted by molar-refractivity contribution is -0.161. The second-order valence-corrected chi connectivity index (χ2v) is 29.5. The van der Waals surface area contributed by atoms with Gasteiger partial charge >= 0.3 is 39.5 Å². The summed E-state index contributed by atoms with van der Waals surface area (Å²) < 4.78 is 68.5. The summed E-state index contributed by atoms with van der Waals surface area (Å²) in [6, 6.07) is 0. The molecule has 0 saturated heterocycles. The zero-order valence-electron chi connectivity index (χ0n) is 66.1. The highest BCUT2D eigenvalue weighted by atomic mass is 31.2. The second-order valence-electron chi connectivity index (χ2n) is 26.6. The monoisotopic (exact) mass is 1520 g/mol. The quantitative estimate of drug-likeness (QED) is 0.0169. The molecule has 0 fully saturated rings. The van der Waals surface area contributed by atoms with E-state index in [9.17, 15) is 43.2 Å². The van der Waals surface area contributed by atoms with Gasteiger partial charge in [-0.05, 0) is 167 Å². The first-order chi connectivity index (χ1) is 51.7. The van der Waals surface area contributed by atoms with E-state index in [2.05, 4.69) is 174 Å². The van der Waals surface area contributed by atoms with Gasteiger partial charge in [-0.1, -0.05) is 276 Å². The maximum atomic E-state index is 13.1. The maximum Gasteiger partial charge on any atom is 0.472 e. The van der Waals surface area contributed by atoms with E-state index in [0.29, 0.717) is 32.1 Å². The fourth-order valence-corrected chi connectivity index (χ4v) is 11.8. The molecule has 0 amide bonds. The molecule has 2 unspecified atom stereocenters. The predicted octanol–water partition coefficient (Wildman–Crippen LogP) is 24.0. The first-order valence-electron chi connectivity index (χ1n) is 40.7. The smallest absolute Gasteiger partial charge is 0.462 e. The van der Waals surface area contributed by atoms with Crippen LogP contribution in [0.25, 0.3) is 0 Å². The molecule has 5 atom stereocenters. The molecule has 0 spiro atoms. The Balaban J connectivity index is 5.48. The fourth-order valence-electron chi connectivity index (χ4n) is 10.3. The van der Waals surface area contributed by atoms with Crippen LogP contribution < -0.4 is 0 Å². The van der Waals surface area contributed by atoms with E-state index < -0.39 is 97.5 Å². The summed E-state index contributed by atoms with van der Waals surface area (Å²) >= 11 is 0. The maximum absolute atomic E-state index is 13.1. The SMILES string of the molecule is CC/C=C\C/C=C\C/C=C\C/C=C\C/C=C\CCCCCC(=O)O[C@H](COC(=O)CCCCCCC/C=C\C/C=C\CCCCC)COP(=O)(O)OC[C@H](O)COP(=O)(O)OC[C@@H](COC(=O)CC/C=C\C/C=C\C/C=C\C/C=C\C/C=C\CCCCC)OC(=O)CCCCCCC/C=C\CCCCCC. The molecule has 0 saturated carbocycles. The van der Waals surface area contributed by atoms with E-state index in [4.69, 9.17) is 37.0 Å². The summed E-state index contributed by atoms with van der Waals surface area (Å²) in [6.45, 7) is 4.54. The highest BCUT2D eigenvalue weighted by molar-refractivity contribution is 7.47. The number of hydrogen-bond acceptors (Lipinski definition) is 15. The topological polar surface area (TPSA) is 237 Å². The van der Waals surface area contributed by atoms with Gasteiger partial charge in [-0.2, -0.15) is 0 Å². The van der Waals surface area contributed by atoms with E-state index >= 15 is 0 Å². The molecule has 0 bridgehead atoms. The van der Waals surface area contributed by atoms with Crippen molar-refractivity contribution in [2.24, 2.45) is 0 Å². The van der Waals surface area contributed by atoms with Gasteiger partial charge in [0.2, 0.25) is 0 Å². The van der Waals surface area contributed by atoms with Gasteiger partial charge in [-0.15, -0.1) is 0 Å². The minimum atomic E-state index is -5.00. The Morgan fingerprint density at radius 3 is 0.849 bits per heavy atom. The van der Waals surface area contributed by atoms with E-state index in [-0.39, 0.29) is 25.7 Å². The highest BCUT2D eigenvalue weighted by Crippen LogP contribution is 2.45. The number of allylic oxidation sites excluding steroid dienone is 26. The van der Waals surface area contributed by atoms with Gasteiger partial charge in [0, 0.05) is 25.7 Å². The molecule has 3 N–H and O–H groups in total. The van der Waals surface area contributed by atoms with E-state index in [1.807, 2.05) is 12.2 Å². The zero-order valence-corrected chi connectivity index (χ0v) is 67.8. The van der Waals surface area contributed by atoms with Crippen molar-refractivity contribution >= 4 is 39.5 Å². The van der Waals surface area contributed by atoms with Gasteiger partial charge in [0.1, 0.15) is 19.3 Å². The number of hydrogen-bond donors (Lipinski definition) is 3. The Kier molecular flexibility index (Phi) is 73.9. The van der Waals surface area contributed by atoms with Crippen molar-refractivity contribution in [3.63, 3.8) is 0 Å². The van der Waals surface area contributed by atoms with Crippen LogP contribution in [0.2, 0.25) is 0 Å². The van der Waals surface area contributed by atoms with Crippen LogP contribution in [0.1, 0.15) is 310 Å². The molecule has 0 aliphatic heterocycles. The summed E-state index contributed by atoms with van der Waals surface area (Å²) in [7, 11) is -10.0. The van der Waals surface area contributed by atoms with Crippen LogP contribution in [0.4, 0.5) is 0 Å². The number of carbonyl (C=O) groups is 4. The zero-order chi connectivity index (χ0) is 77.4. The highest BCUT2D eigenvalue weighted by Gasteiger charge is 2.30. The molecule has 0 aromatic carbocycles. The number of aliphatic hydroxyl groups is 1. The average molecular weight is 1520 g/mol. The number of esters is 4. The van der Waals surface area contributed by atoms with Crippen molar-refractivity contribution in [2.45, 2.75) is 329 Å². The third-order valence-corrected chi connectivity index (χ3v) is 18.4.